The van der Waals surface area contributed by atoms with Crippen molar-refractivity contribution < 1.29 is 9.21 Å². The van der Waals surface area contributed by atoms with Crippen LogP contribution in [0.2, 0.25) is 0 Å². The number of benzene rings is 1. The van der Waals surface area contributed by atoms with E-state index in [1.165, 1.54) is 43.9 Å². The van der Waals surface area contributed by atoms with E-state index in [4.69, 9.17) is 4.42 Å². The second-order valence-electron chi connectivity index (χ2n) is 6.28. The number of aromatic nitrogens is 2. The molecule has 0 aliphatic heterocycles. The van der Waals surface area contributed by atoms with Crippen molar-refractivity contribution in [3.8, 4) is 11.5 Å². The maximum Gasteiger partial charge on any atom is 0.277 e. The first-order valence-corrected chi connectivity index (χ1v) is 9.50. The van der Waals surface area contributed by atoms with E-state index in [-0.39, 0.29) is 5.91 Å². The lowest BCUT2D eigenvalue weighted by Crippen LogP contribution is -2.31. The quantitative estimate of drug-likeness (QED) is 0.806. The smallest absolute Gasteiger partial charge is 0.277 e. The fraction of sp³-hybridized carbons (Fsp3) is 0.500. The van der Waals surface area contributed by atoms with Gasteiger partial charge < -0.3 is 9.73 Å². The van der Waals surface area contributed by atoms with Crippen LogP contribution >= 0.6 is 11.8 Å². The molecule has 1 aliphatic rings. The minimum Gasteiger partial charge on any atom is -0.411 e. The van der Waals surface area contributed by atoms with Crippen LogP contribution < -0.4 is 5.32 Å². The highest BCUT2D eigenvalue weighted by Crippen LogP contribution is 2.25. The van der Waals surface area contributed by atoms with Gasteiger partial charge in [-0.3, -0.25) is 4.79 Å². The van der Waals surface area contributed by atoms with Gasteiger partial charge in [0, 0.05) is 12.1 Å². The lowest BCUT2D eigenvalue weighted by molar-refractivity contribution is -0.118. The van der Waals surface area contributed by atoms with Gasteiger partial charge in [0.15, 0.2) is 0 Å². The van der Waals surface area contributed by atoms with Crippen molar-refractivity contribution in [3.63, 3.8) is 0 Å². The molecule has 1 amide bonds. The van der Waals surface area contributed by atoms with Crippen LogP contribution in [0.3, 0.4) is 0 Å². The van der Waals surface area contributed by atoms with Gasteiger partial charge in [-0.25, -0.2) is 0 Å². The Morgan fingerprint density at radius 2 is 2.04 bits per heavy atom. The van der Waals surface area contributed by atoms with E-state index in [2.05, 4.69) is 15.5 Å². The molecule has 1 aliphatic carbocycles. The highest BCUT2D eigenvalue weighted by Gasteiger charge is 2.15. The Bertz CT molecular complexity index is 680. The molecule has 3 rings (SSSR count). The van der Waals surface area contributed by atoms with Crippen LogP contribution in [0, 0.1) is 12.8 Å². The molecule has 0 atom stereocenters. The molecule has 0 spiro atoms. The van der Waals surface area contributed by atoms with Crippen molar-refractivity contribution in [2.75, 3.05) is 12.3 Å². The molecule has 5 nitrogen and oxygen atoms in total. The van der Waals surface area contributed by atoms with Crippen LogP contribution in [0.4, 0.5) is 0 Å². The molecule has 24 heavy (non-hydrogen) atoms. The summed E-state index contributed by atoms with van der Waals surface area (Å²) < 4.78 is 5.66. The number of amides is 1. The summed E-state index contributed by atoms with van der Waals surface area (Å²) in [5.74, 6) is 1.48. The zero-order chi connectivity index (χ0) is 16.8. The Morgan fingerprint density at radius 3 is 2.83 bits per heavy atom. The second kappa shape index (κ2) is 8.33. The van der Waals surface area contributed by atoms with Crippen molar-refractivity contribution in [1.82, 2.24) is 15.5 Å². The van der Waals surface area contributed by atoms with Crippen LogP contribution in [0.1, 0.15) is 37.7 Å². The van der Waals surface area contributed by atoms with E-state index in [0.717, 1.165) is 17.7 Å². The summed E-state index contributed by atoms with van der Waals surface area (Å²) in [5.41, 5.74) is 2.02. The predicted octanol–water partition coefficient (Wildman–Crippen LogP) is 3.83. The van der Waals surface area contributed by atoms with Gasteiger partial charge in [-0.1, -0.05) is 49.2 Å². The molecule has 1 heterocycles. The van der Waals surface area contributed by atoms with E-state index in [9.17, 15) is 4.79 Å². The summed E-state index contributed by atoms with van der Waals surface area (Å²) in [7, 11) is 0. The molecule has 0 radical (unpaired) electrons. The first kappa shape index (κ1) is 17.0. The van der Waals surface area contributed by atoms with Gasteiger partial charge in [0.1, 0.15) is 0 Å². The SMILES string of the molecule is Cc1ccccc1-c1nnc(SCC(=O)NCC2CCCCC2)o1. The molecular weight excluding hydrogens is 322 g/mol. The number of carbonyl (C=O) groups is 1. The van der Waals surface area contributed by atoms with Gasteiger partial charge in [-0.2, -0.15) is 0 Å². The zero-order valence-electron chi connectivity index (χ0n) is 14.0. The number of carbonyl (C=O) groups excluding carboxylic acids is 1. The van der Waals surface area contributed by atoms with Gasteiger partial charge in [-0.15, -0.1) is 10.2 Å². The fourth-order valence-electron chi connectivity index (χ4n) is 3.02. The third-order valence-corrected chi connectivity index (χ3v) is 5.24. The molecule has 1 saturated carbocycles. The van der Waals surface area contributed by atoms with Crippen molar-refractivity contribution >= 4 is 17.7 Å². The largest absolute Gasteiger partial charge is 0.411 e. The average molecular weight is 345 g/mol. The summed E-state index contributed by atoms with van der Waals surface area (Å²) in [6, 6.07) is 7.87. The van der Waals surface area contributed by atoms with Crippen molar-refractivity contribution in [1.29, 1.82) is 0 Å². The lowest BCUT2D eigenvalue weighted by Gasteiger charge is -2.21. The summed E-state index contributed by atoms with van der Waals surface area (Å²) >= 11 is 1.28. The standard InChI is InChI=1S/C18H23N3O2S/c1-13-7-5-6-10-15(13)17-20-21-18(23-17)24-12-16(22)19-11-14-8-3-2-4-9-14/h5-7,10,14H,2-4,8-9,11-12H2,1H3,(H,19,22). The first-order chi connectivity index (χ1) is 11.7. The number of aryl methyl sites for hydroxylation is 1. The monoisotopic (exact) mass is 345 g/mol. The van der Waals surface area contributed by atoms with Gasteiger partial charge in [0.05, 0.1) is 5.75 Å². The van der Waals surface area contributed by atoms with Crippen LogP contribution in [-0.4, -0.2) is 28.4 Å². The van der Waals surface area contributed by atoms with E-state index < -0.39 is 0 Å². The van der Waals surface area contributed by atoms with Crippen LogP contribution in [0.5, 0.6) is 0 Å². The Balaban J connectivity index is 1.46. The molecule has 1 fully saturated rings. The van der Waals surface area contributed by atoms with E-state index in [0.29, 0.717) is 22.8 Å². The van der Waals surface area contributed by atoms with E-state index in [1.807, 2.05) is 31.2 Å². The molecule has 2 aromatic rings. The van der Waals surface area contributed by atoms with E-state index in [1.54, 1.807) is 0 Å². The van der Waals surface area contributed by atoms with Crippen molar-refractivity contribution in [3.05, 3.63) is 29.8 Å². The van der Waals surface area contributed by atoms with Crippen LogP contribution in [0.25, 0.3) is 11.5 Å². The molecule has 1 aromatic heterocycles. The highest BCUT2D eigenvalue weighted by atomic mass is 32.2. The maximum absolute atomic E-state index is 12.0. The third-order valence-electron chi connectivity index (χ3n) is 4.42. The Morgan fingerprint density at radius 1 is 1.25 bits per heavy atom. The van der Waals surface area contributed by atoms with Gasteiger partial charge >= 0.3 is 0 Å². The topological polar surface area (TPSA) is 68.0 Å². The molecule has 0 bridgehead atoms. The Labute approximate surface area is 146 Å². The van der Waals surface area contributed by atoms with Crippen molar-refractivity contribution in [2.45, 2.75) is 44.3 Å². The minimum atomic E-state index is 0.0289. The number of hydrogen-bond donors (Lipinski definition) is 1. The summed E-state index contributed by atoms with van der Waals surface area (Å²) in [4.78, 5) is 12.0. The summed E-state index contributed by atoms with van der Waals surface area (Å²) in [6.07, 6.45) is 6.38. The van der Waals surface area contributed by atoms with Crippen LogP contribution in [0.15, 0.2) is 33.9 Å². The fourth-order valence-corrected chi connectivity index (χ4v) is 3.61. The predicted molar refractivity (Wildman–Crippen MR) is 94.8 cm³/mol. The molecule has 128 valence electrons. The summed E-state index contributed by atoms with van der Waals surface area (Å²) in [6.45, 7) is 2.79. The number of rotatable bonds is 6. The van der Waals surface area contributed by atoms with Crippen LogP contribution in [-0.2, 0) is 4.79 Å². The Kier molecular flexibility index (Phi) is 5.91. The second-order valence-corrected chi connectivity index (χ2v) is 7.21. The number of hydrogen-bond acceptors (Lipinski definition) is 5. The number of thioether (sulfide) groups is 1. The molecule has 1 N–H and O–H groups in total. The molecule has 1 aromatic carbocycles. The minimum absolute atomic E-state index is 0.0289. The Hall–Kier alpha value is -1.82. The summed E-state index contributed by atoms with van der Waals surface area (Å²) in [5, 5.41) is 11.5. The van der Waals surface area contributed by atoms with E-state index >= 15 is 0 Å². The molecule has 6 heteroatoms. The number of nitrogens with zero attached hydrogens (tertiary/aromatic N) is 2. The third kappa shape index (κ3) is 4.60. The van der Waals surface area contributed by atoms with Gasteiger partial charge in [0.25, 0.3) is 5.22 Å². The van der Waals surface area contributed by atoms with Crippen molar-refractivity contribution in [2.24, 2.45) is 5.92 Å². The normalized spacial score (nSPS) is 15.4. The molecule has 0 saturated heterocycles. The zero-order valence-corrected chi connectivity index (χ0v) is 14.8. The molecule has 0 unspecified atom stereocenters. The number of nitrogens with one attached hydrogen (secondary N) is 1. The maximum atomic E-state index is 12.0. The molecular formula is C18H23N3O2S. The average Bonchev–Trinajstić information content (AvgIpc) is 3.08. The first-order valence-electron chi connectivity index (χ1n) is 8.51. The highest BCUT2D eigenvalue weighted by molar-refractivity contribution is 7.99. The van der Waals surface area contributed by atoms with Gasteiger partial charge in [0.2, 0.25) is 11.8 Å². The lowest BCUT2D eigenvalue weighted by atomic mass is 9.89. The van der Waals surface area contributed by atoms with Gasteiger partial charge in [-0.05, 0) is 37.3 Å².